The Morgan fingerprint density at radius 3 is 2.64 bits per heavy atom. The number of halogens is 3. The summed E-state index contributed by atoms with van der Waals surface area (Å²) in [6, 6.07) is 14.2. The molecule has 1 N–H and O–H groups in total. The Labute approximate surface area is 166 Å². The first-order valence-electron chi connectivity index (χ1n) is 8.58. The zero-order valence-electron chi connectivity index (χ0n) is 15.0. The van der Waals surface area contributed by atoms with E-state index in [1.54, 1.807) is 12.3 Å². The number of hydrogen-bond acceptors (Lipinski definition) is 2. The Balaban J connectivity index is 1.69. The van der Waals surface area contributed by atoms with E-state index in [0.717, 1.165) is 28.8 Å². The molecule has 0 saturated carbocycles. The van der Waals surface area contributed by atoms with Crippen molar-refractivity contribution in [2.75, 3.05) is 0 Å². The fourth-order valence-electron chi connectivity index (χ4n) is 2.68. The third-order valence-corrected chi connectivity index (χ3v) is 4.41. The quantitative estimate of drug-likeness (QED) is 0.451. The van der Waals surface area contributed by atoms with Crippen LogP contribution in [0.4, 0.5) is 8.78 Å². The molecule has 3 nitrogen and oxygen atoms in total. The van der Waals surface area contributed by atoms with Crippen molar-refractivity contribution in [3.05, 3.63) is 94.8 Å². The van der Waals surface area contributed by atoms with Gasteiger partial charge in [0.15, 0.2) is 0 Å². The summed E-state index contributed by atoms with van der Waals surface area (Å²) < 4.78 is 26.5. The Morgan fingerprint density at radius 2 is 1.93 bits per heavy atom. The normalized spacial score (nSPS) is 12.1. The fraction of sp³-hybridized carbons (Fsp3) is 0.0909. The van der Waals surface area contributed by atoms with Gasteiger partial charge in [0, 0.05) is 29.5 Å². The van der Waals surface area contributed by atoms with Gasteiger partial charge in [0.05, 0.1) is 6.04 Å². The van der Waals surface area contributed by atoms with Crippen molar-refractivity contribution < 1.29 is 13.6 Å². The Hall–Kier alpha value is -3.05. The second-order valence-electron chi connectivity index (χ2n) is 6.22. The molecule has 142 valence electrons. The van der Waals surface area contributed by atoms with Crippen molar-refractivity contribution >= 4 is 23.6 Å². The van der Waals surface area contributed by atoms with Crippen LogP contribution in [0.1, 0.15) is 24.1 Å². The van der Waals surface area contributed by atoms with Gasteiger partial charge in [0.25, 0.3) is 0 Å². The number of amides is 1. The van der Waals surface area contributed by atoms with Crippen LogP contribution in [0.25, 0.3) is 17.2 Å². The van der Waals surface area contributed by atoms with Gasteiger partial charge < -0.3 is 5.32 Å². The Kier molecular flexibility index (Phi) is 6.16. The highest BCUT2D eigenvalue weighted by Crippen LogP contribution is 2.23. The van der Waals surface area contributed by atoms with E-state index in [4.69, 9.17) is 11.6 Å². The van der Waals surface area contributed by atoms with E-state index in [9.17, 15) is 13.6 Å². The van der Waals surface area contributed by atoms with Crippen molar-refractivity contribution in [3.8, 4) is 11.1 Å². The van der Waals surface area contributed by atoms with Crippen molar-refractivity contribution in [1.82, 2.24) is 10.3 Å². The molecule has 0 fully saturated rings. The molecule has 0 unspecified atom stereocenters. The molecule has 1 heterocycles. The van der Waals surface area contributed by atoms with E-state index in [0.29, 0.717) is 5.15 Å². The molecular weight excluding hydrogens is 382 g/mol. The van der Waals surface area contributed by atoms with Crippen molar-refractivity contribution in [3.63, 3.8) is 0 Å². The Bertz CT molecular complexity index is 1020. The molecule has 0 aliphatic carbocycles. The largest absolute Gasteiger partial charge is 0.346 e. The summed E-state index contributed by atoms with van der Waals surface area (Å²) in [4.78, 5) is 16.2. The predicted octanol–water partition coefficient (Wildman–Crippen LogP) is 5.57. The topological polar surface area (TPSA) is 42.0 Å². The van der Waals surface area contributed by atoms with E-state index in [-0.39, 0.29) is 17.5 Å². The van der Waals surface area contributed by atoms with Crippen molar-refractivity contribution in [1.29, 1.82) is 0 Å². The molecule has 0 spiro atoms. The number of aromatic nitrogens is 1. The molecular formula is C22H17ClF2N2O. The minimum Gasteiger partial charge on any atom is -0.346 e. The van der Waals surface area contributed by atoms with Crippen LogP contribution in [0, 0.1) is 11.6 Å². The molecule has 3 rings (SSSR count). The van der Waals surface area contributed by atoms with Gasteiger partial charge in [0.1, 0.15) is 16.8 Å². The van der Waals surface area contributed by atoms with E-state index < -0.39 is 11.6 Å². The van der Waals surface area contributed by atoms with Crippen molar-refractivity contribution in [2.45, 2.75) is 13.0 Å². The third kappa shape index (κ3) is 5.02. The van der Waals surface area contributed by atoms with E-state index >= 15 is 0 Å². The molecule has 6 heteroatoms. The molecule has 1 atom stereocenters. The second-order valence-corrected chi connectivity index (χ2v) is 6.61. The number of nitrogens with one attached hydrogen (secondary N) is 1. The highest BCUT2D eigenvalue weighted by molar-refractivity contribution is 6.29. The molecule has 1 amide bonds. The lowest BCUT2D eigenvalue weighted by atomic mass is 10.0. The standard InChI is InChI=1S/C22H17ClF2N2O/c1-14(27-22(28)10-7-15-5-8-19(24)12-20(15)25)16-3-2-4-17(11-16)18-6-9-21(23)26-13-18/h2-14H,1H3,(H,27,28)/b10-7-/t14-/m0/s1. The Morgan fingerprint density at radius 1 is 1.11 bits per heavy atom. The number of carbonyl (C=O) groups excluding carboxylic acids is 1. The molecule has 0 bridgehead atoms. The van der Waals surface area contributed by atoms with Gasteiger partial charge in [-0.25, -0.2) is 13.8 Å². The van der Waals surface area contributed by atoms with E-state index in [2.05, 4.69) is 10.3 Å². The first-order valence-corrected chi connectivity index (χ1v) is 8.95. The van der Waals surface area contributed by atoms with Crippen LogP contribution in [0.2, 0.25) is 5.15 Å². The zero-order valence-corrected chi connectivity index (χ0v) is 15.8. The van der Waals surface area contributed by atoms with Gasteiger partial charge in [0.2, 0.25) is 5.91 Å². The monoisotopic (exact) mass is 398 g/mol. The summed E-state index contributed by atoms with van der Waals surface area (Å²) >= 11 is 5.82. The fourth-order valence-corrected chi connectivity index (χ4v) is 2.79. The highest BCUT2D eigenvalue weighted by Gasteiger charge is 2.09. The minimum atomic E-state index is -0.721. The number of benzene rings is 2. The molecule has 2 aromatic carbocycles. The molecule has 0 radical (unpaired) electrons. The summed E-state index contributed by atoms with van der Waals surface area (Å²) in [7, 11) is 0. The van der Waals surface area contributed by atoms with Crippen LogP contribution >= 0.6 is 11.6 Å². The lowest BCUT2D eigenvalue weighted by molar-refractivity contribution is -0.117. The maximum atomic E-state index is 13.6. The first-order chi connectivity index (χ1) is 13.4. The lowest BCUT2D eigenvalue weighted by Crippen LogP contribution is -2.24. The van der Waals surface area contributed by atoms with Crippen LogP contribution in [-0.4, -0.2) is 10.9 Å². The van der Waals surface area contributed by atoms with Gasteiger partial charge in [-0.2, -0.15) is 0 Å². The molecule has 1 aromatic heterocycles. The maximum absolute atomic E-state index is 13.6. The molecule has 0 aliphatic heterocycles. The SMILES string of the molecule is C[C@H](NC(=O)/C=C\c1ccc(F)cc1F)c1cccc(-c2ccc(Cl)nc2)c1. The van der Waals surface area contributed by atoms with Crippen LogP contribution in [0.15, 0.2) is 66.9 Å². The van der Waals surface area contributed by atoms with Gasteiger partial charge in [-0.05, 0) is 54.5 Å². The summed E-state index contributed by atoms with van der Waals surface area (Å²) in [6.45, 7) is 1.85. The van der Waals surface area contributed by atoms with E-state index in [1.165, 1.54) is 18.2 Å². The average molecular weight is 399 g/mol. The predicted molar refractivity (Wildman–Crippen MR) is 107 cm³/mol. The smallest absolute Gasteiger partial charge is 0.244 e. The second kappa shape index (κ2) is 8.76. The average Bonchev–Trinajstić information content (AvgIpc) is 2.68. The van der Waals surface area contributed by atoms with Crippen LogP contribution < -0.4 is 5.32 Å². The summed E-state index contributed by atoms with van der Waals surface area (Å²) in [6.07, 6.45) is 4.22. The maximum Gasteiger partial charge on any atom is 0.244 e. The molecule has 0 saturated heterocycles. The molecule has 3 aromatic rings. The van der Waals surface area contributed by atoms with Crippen LogP contribution in [-0.2, 0) is 4.79 Å². The minimum absolute atomic E-state index is 0.140. The molecule has 28 heavy (non-hydrogen) atoms. The number of carbonyl (C=O) groups is 1. The van der Waals surface area contributed by atoms with Crippen LogP contribution in [0.3, 0.4) is 0 Å². The van der Waals surface area contributed by atoms with Gasteiger partial charge in [-0.1, -0.05) is 29.8 Å². The van der Waals surface area contributed by atoms with Crippen LogP contribution in [0.5, 0.6) is 0 Å². The highest BCUT2D eigenvalue weighted by atomic mass is 35.5. The van der Waals surface area contributed by atoms with Crippen molar-refractivity contribution in [2.24, 2.45) is 0 Å². The van der Waals surface area contributed by atoms with E-state index in [1.807, 2.05) is 37.3 Å². The first kappa shape index (κ1) is 19.7. The number of pyridine rings is 1. The van der Waals surface area contributed by atoms with Gasteiger partial charge >= 0.3 is 0 Å². The number of hydrogen-bond donors (Lipinski definition) is 1. The van der Waals surface area contributed by atoms with Gasteiger partial charge in [-0.3, -0.25) is 4.79 Å². The summed E-state index contributed by atoms with van der Waals surface area (Å²) in [5, 5.41) is 3.25. The zero-order chi connectivity index (χ0) is 20.1. The number of rotatable bonds is 5. The summed E-state index contributed by atoms with van der Waals surface area (Å²) in [5.41, 5.74) is 2.91. The number of nitrogens with zero attached hydrogens (tertiary/aromatic N) is 1. The lowest BCUT2D eigenvalue weighted by Gasteiger charge is -2.14. The molecule has 0 aliphatic rings. The third-order valence-electron chi connectivity index (χ3n) is 4.18. The van der Waals surface area contributed by atoms with Gasteiger partial charge in [-0.15, -0.1) is 0 Å². The summed E-state index contributed by atoms with van der Waals surface area (Å²) in [5.74, 6) is -1.76.